The van der Waals surface area contributed by atoms with Crippen molar-refractivity contribution in [3.63, 3.8) is 0 Å². The molecule has 3 heteroatoms. The van der Waals surface area contributed by atoms with Gasteiger partial charge in [0.25, 0.3) is 0 Å². The number of carbonyl (C=O) groups excluding carboxylic acids is 1. The lowest BCUT2D eigenvalue weighted by atomic mass is 9.33. The fourth-order valence-electron chi connectivity index (χ4n) is 10.8. The molecule has 0 heterocycles. The molecule has 34 heavy (non-hydrogen) atoms. The van der Waals surface area contributed by atoms with E-state index in [0.29, 0.717) is 17.8 Å². The normalized spacial score (nSPS) is 51.1. The zero-order chi connectivity index (χ0) is 24.9. The minimum absolute atomic E-state index is 0.0147. The first-order valence-corrected chi connectivity index (χ1v) is 14.2. The Balaban J connectivity index is 1.60. The number of methoxy groups -OCH3 is 1. The second kappa shape index (κ2) is 7.36. The van der Waals surface area contributed by atoms with Crippen LogP contribution < -0.4 is 0 Å². The molecule has 5 rings (SSSR count). The van der Waals surface area contributed by atoms with Gasteiger partial charge in [-0.1, -0.05) is 60.1 Å². The molecule has 0 saturated heterocycles. The van der Waals surface area contributed by atoms with E-state index in [4.69, 9.17) is 4.74 Å². The lowest BCUT2D eigenvalue weighted by Gasteiger charge is -2.71. The monoisotopic (exact) mass is 470 g/mol. The Bertz CT molecular complexity index is 900. The highest BCUT2D eigenvalue weighted by molar-refractivity contribution is 5.78. The van der Waals surface area contributed by atoms with Gasteiger partial charge >= 0.3 is 5.97 Å². The first kappa shape index (κ1) is 24.8. The summed E-state index contributed by atoms with van der Waals surface area (Å²) in [6.07, 6.45) is 13.4. The summed E-state index contributed by atoms with van der Waals surface area (Å²) in [6.45, 7) is 17.2. The molecule has 0 bridgehead atoms. The van der Waals surface area contributed by atoms with Gasteiger partial charge in [0, 0.05) is 0 Å². The number of hydrogen-bond acceptors (Lipinski definition) is 3. The van der Waals surface area contributed by atoms with E-state index in [-0.39, 0.29) is 44.6 Å². The third-order valence-electron chi connectivity index (χ3n) is 13.2. The average Bonchev–Trinajstić information content (AvgIpc) is 2.76. The van der Waals surface area contributed by atoms with Crippen LogP contribution in [-0.2, 0) is 9.53 Å². The number of allylic oxidation sites excluding steroid dienone is 2. The molecular formula is C31H50O3. The van der Waals surface area contributed by atoms with Crippen LogP contribution in [-0.4, -0.2) is 24.3 Å². The lowest BCUT2D eigenvalue weighted by Crippen LogP contribution is -2.65. The summed E-state index contributed by atoms with van der Waals surface area (Å²) in [4.78, 5) is 13.3. The van der Waals surface area contributed by atoms with E-state index in [0.717, 1.165) is 51.4 Å². The van der Waals surface area contributed by atoms with Crippen molar-refractivity contribution >= 4 is 5.97 Å². The van der Waals surface area contributed by atoms with Crippen LogP contribution in [0.4, 0.5) is 0 Å². The quantitative estimate of drug-likeness (QED) is 0.322. The summed E-state index contributed by atoms with van der Waals surface area (Å²) in [6, 6.07) is 0. The number of hydrogen-bond donors (Lipinski definition) is 1. The number of rotatable bonds is 1. The average molecular weight is 471 g/mol. The van der Waals surface area contributed by atoms with Crippen LogP contribution in [0.5, 0.6) is 0 Å². The van der Waals surface area contributed by atoms with Crippen molar-refractivity contribution in [2.24, 2.45) is 50.2 Å². The van der Waals surface area contributed by atoms with Crippen molar-refractivity contribution in [1.29, 1.82) is 0 Å². The van der Waals surface area contributed by atoms with E-state index >= 15 is 0 Å². The SMILES string of the molecule is COC(=O)[C@]12CCC(C)(C)C[C@H]1C1=CC[C@H]3[C@@]4(C)CC[C@H](O)C(C)(C)[C@@H]4CC[C@@]3(C)[C@]1(C)CC2. The molecule has 8 atom stereocenters. The molecule has 0 radical (unpaired) electrons. The van der Waals surface area contributed by atoms with E-state index in [9.17, 15) is 9.90 Å². The Morgan fingerprint density at radius 2 is 1.59 bits per heavy atom. The predicted molar refractivity (Wildman–Crippen MR) is 137 cm³/mol. The number of fused-ring (bicyclic) bond motifs is 7. The smallest absolute Gasteiger partial charge is 0.312 e. The molecule has 0 spiro atoms. The number of aliphatic hydroxyl groups excluding tert-OH is 1. The second-order valence-corrected chi connectivity index (χ2v) is 15.2. The van der Waals surface area contributed by atoms with Crippen LogP contribution >= 0.6 is 0 Å². The van der Waals surface area contributed by atoms with Crippen molar-refractivity contribution in [3.8, 4) is 0 Å². The molecule has 0 unspecified atom stereocenters. The van der Waals surface area contributed by atoms with Gasteiger partial charge in [-0.05, 0) is 109 Å². The molecule has 1 N–H and O–H groups in total. The van der Waals surface area contributed by atoms with E-state index < -0.39 is 0 Å². The van der Waals surface area contributed by atoms with Crippen molar-refractivity contribution in [1.82, 2.24) is 0 Å². The highest BCUT2D eigenvalue weighted by atomic mass is 16.5. The molecule has 3 nitrogen and oxygen atoms in total. The minimum Gasteiger partial charge on any atom is -0.469 e. The van der Waals surface area contributed by atoms with Gasteiger partial charge in [-0.2, -0.15) is 0 Å². The molecule has 0 aliphatic heterocycles. The first-order valence-electron chi connectivity index (χ1n) is 14.2. The Morgan fingerprint density at radius 3 is 2.26 bits per heavy atom. The van der Waals surface area contributed by atoms with E-state index in [1.165, 1.54) is 12.8 Å². The standard InChI is InChI=1S/C31H50O3/c1-26(2)15-17-31(25(33)34-8)18-16-29(6)20(21(31)19-26)9-10-23-28(5)13-12-24(32)27(3,4)22(28)11-14-30(23,29)7/h9,21-24,32H,10-19H2,1-8H3/t21-,22-,23-,24-,28-,29+,30+,31-/m0/s1. The summed E-state index contributed by atoms with van der Waals surface area (Å²) in [5.74, 6) is 1.57. The van der Waals surface area contributed by atoms with Crippen LogP contribution in [0.2, 0.25) is 0 Å². The van der Waals surface area contributed by atoms with Gasteiger partial charge in [0.2, 0.25) is 0 Å². The number of esters is 1. The zero-order valence-electron chi connectivity index (χ0n) is 23.2. The largest absolute Gasteiger partial charge is 0.469 e. The van der Waals surface area contributed by atoms with Crippen LogP contribution in [0.1, 0.15) is 113 Å². The molecule has 192 valence electrons. The molecule has 0 aromatic carbocycles. The molecular weight excluding hydrogens is 420 g/mol. The molecule has 0 amide bonds. The van der Waals surface area contributed by atoms with Gasteiger partial charge in [0.05, 0.1) is 18.6 Å². The molecule has 0 aromatic rings. The minimum atomic E-state index is -0.323. The third kappa shape index (κ3) is 2.94. The van der Waals surface area contributed by atoms with Gasteiger partial charge in [-0.25, -0.2) is 0 Å². The number of ether oxygens (including phenoxy) is 1. The second-order valence-electron chi connectivity index (χ2n) is 15.2. The Labute approximate surface area is 208 Å². The van der Waals surface area contributed by atoms with Crippen LogP contribution in [0.15, 0.2) is 11.6 Å². The van der Waals surface area contributed by atoms with Crippen molar-refractivity contribution < 1.29 is 14.6 Å². The van der Waals surface area contributed by atoms with Gasteiger partial charge in [0.15, 0.2) is 0 Å². The summed E-state index contributed by atoms with van der Waals surface area (Å²) >= 11 is 0. The van der Waals surface area contributed by atoms with Crippen molar-refractivity contribution in [2.75, 3.05) is 7.11 Å². The van der Waals surface area contributed by atoms with Gasteiger partial charge in [0.1, 0.15) is 0 Å². The maximum atomic E-state index is 13.3. The summed E-state index contributed by atoms with van der Waals surface area (Å²) in [5, 5.41) is 10.9. The fraction of sp³-hybridized carbons (Fsp3) is 0.903. The van der Waals surface area contributed by atoms with Gasteiger partial charge < -0.3 is 9.84 Å². The molecule has 5 aliphatic rings. The van der Waals surface area contributed by atoms with E-state index in [1.807, 2.05) is 0 Å². The third-order valence-corrected chi connectivity index (χ3v) is 13.2. The van der Waals surface area contributed by atoms with E-state index in [1.54, 1.807) is 12.7 Å². The Hall–Kier alpha value is -0.830. The first-order chi connectivity index (χ1) is 15.7. The molecule has 4 fully saturated rings. The van der Waals surface area contributed by atoms with Crippen LogP contribution in [0, 0.1) is 50.2 Å². The molecule has 5 aliphatic carbocycles. The number of carbonyl (C=O) groups is 1. The highest BCUT2D eigenvalue weighted by Crippen LogP contribution is 2.75. The van der Waals surface area contributed by atoms with Crippen molar-refractivity contribution in [2.45, 2.75) is 119 Å². The van der Waals surface area contributed by atoms with E-state index in [2.05, 4.69) is 54.5 Å². The van der Waals surface area contributed by atoms with Gasteiger partial charge in [-0.15, -0.1) is 0 Å². The maximum absolute atomic E-state index is 13.3. The van der Waals surface area contributed by atoms with Crippen LogP contribution in [0.25, 0.3) is 0 Å². The van der Waals surface area contributed by atoms with Gasteiger partial charge in [-0.3, -0.25) is 4.79 Å². The highest BCUT2D eigenvalue weighted by Gasteiger charge is 2.69. The van der Waals surface area contributed by atoms with Crippen molar-refractivity contribution in [3.05, 3.63) is 11.6 Å². The topological polar surface area (TPSA) is 46.5 Å². The Kier molecular flexibility index (Phi) is 5.38. The predicted octanol–water partition coefficient (Wildman–Crippen LogP) is 7.32. The van der Waals surface area contributed by atoms with Crippen LogP contribution in [0.3, 0.4) is 0 Å². The number of aliphatic hydroxyl groups is 1. The summed E-state index contributed by atoms with van der Waals surface area (Å²) in [7, 11) is 1.59. The molecule has 4 saturated carbocycles. The summed E-state index contributed by atoms with van der Waals surface area (Å²) < 4.78 is 5.49. The maximum Gasteiger partial charge on any atom is 0.312 e. The zero-order valence-corrected chi connectivity index (χ0v) is 23.2. The molecule has 0 aromatic heterocycles. The lowest BCUT2D eigenvalue weighted by molar-refractivity contribution is -0.206. The Morgan fingerprint density at radius 1 is 0.912 bits per heavy atom. The fourth-order valence-corrected chi connectivity index (χ4v) is 10.8. The summed E-state index contributed by atoms with van der Waals surface area (Å²) in [5.41, 5.74) is 2.18.